The van der Waals surface area contributed by atoms with Crippen molar-refractivity contribution in [1.82, 2.24) is 9.97 Å². The van der Waals surface area contributed by atoms with Gasteiger partial charge in [-0.1, -0.05) is 17.7 Å². The van der Waals surface area contributed by atoms with E-state index in [4.69, 9.17) is 16.9 Å². The number of allylic oxidation sites excluding steroid dienone is 1. The van der Waals surface area contributed by atoms with Gasteiger partial charge < -0.3 is 0 Å². The number of halogens is 1. The predicted molar refractivity (Wildman–Crippen MR) is 64.6 cm³/mol. The molecule has 0 amide bonds. The molecule has 5 heteroatoms. The van der Waals surface area contributed by atoms with Gasteiger partial charge in [-0.2, -0.15) is 5.26 Å². The maximum atomic E-state index is 9.11. The largest absolute Gasteiger partial charge is 0.264 e. The monoisotopic (exact) mass is 247 g/mol. The Hall–Kier alpha value is -1.70. The van der Waals surface area contributed by atoms with Gasteiger partial charge in [-0.3, -0.25) is 9.97 Å². The van der Waals surface area contributed by atoms with E-state index < -0.39 is 0 Å². The van der Waals surface area contributed by atoms with Crippen molar-refractivity contribution < 1.29 is 0 Å². The van der Waals surface area contributed by atoms with E-state index in [1.165, 1.54) is 11.3 Å². The minimum Gasteiger partial charge on any atom is -0.264 e. The molecular weight excluding hydrogens is 242 g/mol. The Bertz CT molecular complexity index is 540. The zero-order chi connectivity index (χ0) is 11.4. The van der Waals surface area contributed by atoms with Crippen LogP contribution in [0.3, 0.4) is 0 Å². The van der Waals surface area contributed by atoms with E-state index in [0.717, 1.165) is 4.88 Å². The van der Waals surface area contributed by atoms with Crippen molar-refractivity contribution in [2.45, 2.75) is 0 Å². The molecule has 2 rings (SSSR count). The van der Waals surface area contributed by atoms with Crippen LogP contribution in [0, 0.1) is 11.3 Å². The molecule has 2 aromatic heterocycles. The number of nitrogens with zero attached hydrogens (tertiary/aromatic N) is 3. The average Bonchev–Trinajstić information content (AvgIpc) is 2.85. The number of pyridine rings is 1. The molecule has 78 valence electrons. The van der Waals surface area contributed by atoms with E-state index in [1.807, 2.05) is 0 Å². The number of hydrogen-bond donors (Lipinski definition) is 0. The third kappa shape index (κ3) is 2.11. The number of nitriles is 1. The normalized spacial score (nSPS) is 11.8. The Morgan fingerprint density at radius 2 is 2.25 bits per heavy atom. The summed E-state index contributed by atoms with van der Waals surface area (Å²) in [6, 6.07) is 5.66. The fourth-order valence-corrected chi connectivity index (χ4v) is 2.09. The van der Waals surface area contributed by atoms with Gasteiger partial charge >= 0.3 is 0 Å². The lowest BCUT2D eigenvalue weighted by molar-refractivity contribution is 1.31. The van der Waals surface area contributed by atoms with Gasteiger partial charge in [0, 0.05) is 24.2 Å². The zero-order valence-electron chi connectivity index (χ0n) is 8.09. The van der Waals surface area contributed by atoms with E-state index in [1.54, 1.807) is 36.2 Å². The second kappa shape index (κ2) is 4.88. The van der Waals surface area contributed by atoms with Crippen molar-refractivity contribution in [3.05, 3.63) is 46.7 Å². The van der Waals surface area contributed by atoms with Crippen LogP contribution in [0.5, 0.6) is 0 Å². The van der Waals surface area contributed by atoms with Gasteiger partial charge in [-0.05, 0) is 6.07 Å². The van der Waals surface area contributed by atoms with Crippen LogP contribution in [-0.2, 0) is 0 Å². The second-order valence-corrected chi connectivity index (χ2v) is 4.17. The summed E-state index contributed by atoms with van der Waals surface area (Å²) in [7, 11) is 0. The van der Waals surface area contributed by atoms with Gasteiger partial charge in [0.1, 0.15) is 6.07 Å². The first-order valence-electron chi connectivity index (χ1n) is 4.42. The van der Waals surface area contributed by atoms with Crippen molar-refractivity contribution >= 4 is 33.5 Å². The van der Waals surface area contributed by atoms with E-state index in [2.05, 4.69) is 16.0 Å². The summed E-state index contributed by atoms with van der Waals surface area (Å²) in [4.78, 5) is 8.67. The molecule has 2 heterocycles. The number of aromatic nitrogens is 2. The van der Waals surface area contributed by atoms with Crippen molar-refractivity contribution in [2.75, 3.05) is 0 Å². The number of thiazole rings is 1. The number of rotatable bonds is 2. The van der Waals surface area contributed by atoms with Crippen LogP contribution >= 0.6 is 22.9 Å². The van der Waals surface area contributed by atoms with Gasteiger partial charge in [0.15, 0.2) is 0 Å². The molecule has 0 radical (unpaired) electrons. The van der Waals surface area contributed by atoms with Crippen LogP contribution in [0.1, 0.15) is 10.4 Å². The summed E-state index contributed by atoms with van der Waals surface area (Å²) >= 11 is 7.54. The van der Waals surface area contributed by atoms with Crippen LogP contribution in [0.25, 0.3) is 10.6 Å². The highest BCUT2D eigenvalue weighted by molar-refractivity contribution is 7.11. The molecule has 0 atom stereocenters. The maximum Gasteiger partial charge on any atom is 0.101 e. The van der Waals surface area contributed by atoms with Gasteiger partial charge in [-0.15, -0.1) is 11.3 Å². The first-order valence-corrected chi connectivity index (χ1v) is 5.68. The fourth-order valence-electron chi connectivity index (χ4n) is 1.20. The molecule has 16 heavy (non-hydrogen) atoms. The van der Waals surface area contributed by atoms with Crippen LogP contribution in [0.2, 0.25) is 0 Å². The first kappa shape index (κ1) is 10.8. The third-order valence-corrected chi connectivity index (χ3v) is 3.23. The topological polar surface area (TPSA) is 49.6 Å². The molecule has 0 aliphatic heterocycles. The summed E-state index contributed by atoms with van der Waals surface area (Å²) < 4.78 is 0. The lowest BCUT2D eigenvalue weighted by Crippen LogP contribution is -1.85. The maximum absolute atomic E-state index is 9.11. The van der Waals surface area contributed by atoms with Gasteiger partial charge in [0.05, 0.1) is 21.0 Å². The summed E-state index contributed by atoms with van der Waals surface area (Å²) in [6.07, 6.45) is 4.90. The lowest BCUT2D eigenvalue weighted by Gasteiger charge is -2.00. The van der Waals surface area contributed by atoms with Gasteiger partial charge in [-0.25, -0.2) is 0 Å². The Labute approximate surface area is 102 Å². The van der Waals surface area contributed by atoms with E-state index in [0.29, 0.717) is 16.2 Å². The summed E-state index contributed by atoms with van der Waals surface area (Å²) in [6.45, 7) is 0. The highest BCUT2D eigenvalue weighted by Crippen LogP contribution is 2.30. The molecule has 0 bridgehead atoms. The zero-order valence-corrected chi connectivity index (χ0v) is 9.66. The minimum absolute atomic E-state index is 0.415. The van der Waals surface area contributed by atoms with Gasteiger partial charge in [0.25, 0.3) is 0 Å². The average molecular weight is 248 g/mol. The van der Waals surface area contributed by atoms with Crippen molar-refractivity contribution in [1.29, 1.82) is 5.26 Å². The Kier molecular flexibility index (Phi) is 3.30. The predicted octanol–water partition coefficient (Wildman–Crippen LogP) is 3.17. The molecular formula is C11H6ClN3S. The quantitative estimate of drug-likeness (QED) is 0.766. The number of hydrogen-bond acceptors (Lipinski definition) is 4. The molecule has 0 aliphatic carbocycles. The molecule has 0 aromatic carbocycles. The van der Waals surface area contributed by atoms with Crippen molar-refractivity contribution in [3.63, 3.8) is 0 Å². The van der Waals surface area contributed by atoms with E-state index in [9.17, 15) is 0 Å². The van der Waals surface area contributed by atoms with Crippen LogP contribution < -0.4 is 0 Å². The molecule has 0 saturated heterocycles. The molecule has 0 unspecified atom stereocenters. The standard InChI is InChI=1S/C11H6ClN3S/c12-11(10-6-15-7-16-10)9(4-13)8-2-1-3-14-5-8/h1-3,5-7H/b11-9-. The molecule has 3 nitrogen and oxygen atoms in total. The summed E-state index contributed by atoms with van der Waals surface area (Å²) in [5.41, 5.74) is 2.80. The lowest BCUT2D eigenvalue weighted by atomic mass is 10.1. The molecule has 0 saturated carbocycles. The van der Waals surface area contributed by atoms with Crippen LogP contribution in [-0.4, -0.2) is 9.97 Å². The van der Waals surface area contributed by atoms with E-state index in [-0.39, 0.29) is 0 Å². The summed E-state index contributed by atoms with van der Waals surface area (Å²) in [5.74, 6) is 0. The summed E-state index contributed by atoms with van der Waals surface area (Å²) in [5, 5.41) is 9.53. The highest BCUT2D eigenvalue weighted by Gasteiger charge is 2.10. The SMILES string of the molecule is N#C/C(=C(/Cl)c1cncs1)c1cccnc1. The highest BCUT2D eigenvalue weighted by atomic mass is 35.5. The third-order valence-electron chi connectivity index (χ3n) is 1.93. The minimum atomic E-state index is 0.415. The molecule has 0 fully saturated rings. The van der Waals surface area contributed by atoms with Crippen molar-refractivity contribution in [3.8, 4) is 6.07 Å². The Morgan fingerprint density at radius 1 is 1.38 bits per heavy atom. The van der Waals surface area contributed by atoms with Crippen LogP contribution in [0.4, 0.5) is 0 Å². The molecule has 2 aromatic rings. The molecule has 0 aliphatic rings. The first-order chi connectivity index (χ1) is 7.83. The van der Waals surface area contributed by atoms with Crippen LogP contribution in [0.15, 0.2) is 36.2 Å². The molecule has 0 spiro atoms. The Morgan fingerprint density at radius 3 is 2.81 bits per heavy atom. The van der Waals surface area contributed by atoms with E-state index >= 15 is 0 Å². The van der Waals surface area contributed by atoms with Crippen molar-refractivity contribution in [2.24, 2.45) is 0 Å². The Balaban J connectivity index is 2.52. The molecule has 0 N–H and O–H groups in total. The second-order valence-electron chi connectivity index (χ2n) is 2.91. The van der Waals surface area contributed by atoms with Gasteiger partial charge in [0.2, 0.25) is 0 Å². The fraction of sp³-hybridized carbons (Fsp3) is 0. The smallest absolute Gasteiger partial charge is 0.101 e.